The number of aryl methyl sites for hydroxylation is 1. The van der Waals surface area contributed by atoms with Gasteiger partial charge in [-0.15, -0.1) is 0 Å². The summed E-state index contributed by atoms with van der Waals surface area (Å²) in [5, 5.41) is 13.1. The molecule has 0 bridgehead atoms. The van der Waals surface area contributed by atoms with Crippen LogP contribution >= 0.6 is 0 Å². The number of nitrogens with two attached hydrogens (primary N) is 1. The zero-order valence-electron chi connectivity index (χ0n) is 9.36. The van der Waals surface area contributed by atoms with Gasteiger partial charge in [-0.3, -0.25) is 0 Å². The normalized spacial score (nSPS) is 24.6. The number of pyridine rings is 1. The largest absolute Gasteiger partial charge is 0.396 e. The summed E-state index contributed by atoms with van der Waals surface area (Å²) in [4.78, 5) is 4.14. The van der Waals surface area contributed by atoms with Gasteiger partial charge < -0.3 is 20.9 Å². The van der Waals surface area contributed by atoms with E-state index < -0.39 is 5.60 Å². The van der Waals surface area contributed by atoms with Crippen molar-refractivity contribution in [3.05, 3.63) is 17.8 Å². The highest BCUT2D eigenvalue weighted by Gasteiger charge is 2.32. The molecule has 0 aliphatic carbocycles. The summed E-state index contributed by atoms with van der Waals surface area (Å²) in [5.41, 5.74) is 6.69. The monoisotopic (exact) mass is 223 g/mol. The number of nitrogen functional groups attached to an aromatic ring is 1. The van der Waals surface area contributed by atoms with E-state index in [1.807, 2.05) is 13.0 Å². The molecule has 1 atom stereocenters. The number of hydrogen-bond donors (Lipinski definition) is 3. The molecule has 4 N–H and O–H groups in total. The maximum absolute atomic E-state index is 10.1. The van der Waals surface area contributed by atoms with Crippen LogP contribution in [-0.4, -0.2) is 35.5 Å². The van der Waals surface area contributed by atoms with Crippen molar-refractivity contribution in [3.63, 3.8) is 0 Å². The van der Waals surface area contributed by atoms with Gasteiger partial charge in [0.25, 0.3) is 0 Å². The Bertz CT molecular complexity index is 375. The van der Waals surface area contributed by atoms with Gasteiger partial charge in [0.1, 0.15) is 11.4 Å². The Morgan fingerprint density at radius 1 is 1.69 bits per heavy atom. The summed E-state index contributed by atoms with van der Waals surface area (Å²) in [7, 11) is 0. The molecule has 1 aromatic rings. The van der Waals surface area contributed by atoms with E-state index in [2.05, 4.69) is 10.3 Å². The molecule has 5 nitrogen and oxygen atoms in total. The van der Waals surface area contributed by atoms with Gasteiger partial charge in [-0.1, -0.05) is 0 Å². The van der Waals surface area contributed by atoms with Gasteiger partial charge in [0.05, 0.1) is 12.3 Å². The van der Waals surface area contributed by atoms with E-state index in [0.29, 0.717) is 37.7 Å². The average Bonchev–Trinajstić information content (AvgIpc) is 2.68. The van der Waals surface area contributed by atoms with E-state index in [-0.39, 0.29) is 0 Å². The molecule has 2 heterocycles. The second-order valence-electron chi connectivity index (χ2n) is 4.27. The van der Waals surface area contributed by atoms with Gasteiger partial charge >= 0.3 is 0 Å². The van der Waals surface area contributed by atoms with Crippen molar-refractivity contribution >= 4 is 11.5 Å². The SMILES string of the molecule is Cc1ccnc(NCC2(O)CCOC2)c1N. The van der Waals surface area contributed by atoms with E-state index in [4.69, 9.17) is 10.5 Å². The van der Waals surface area contributed by atoms with Crippen LogP contribution in [-0.2, 0) is 4.74 Å². The standard InChI is InChI=1S/C11H17N3O2/c1-8-2-4-13-10(9(8)12)14-6-11(15)3-5-16-7-11/h2,4,15H,3,5-7,12H2,1H3,(H,13,14). The van der Waals surface area contributed by atoms with Gasteiger partial charge in [0.15, 0.2) is 0 Å². The van der Waals surface area contributed by atoms with Gasteiger partial charge in [0, 0.05) is 25.8 Å². The number of aliphatic hydroxyl groups is 1. The first-order chi connectivity index (χ1) is 7.61. The van der Waals surface area contributed by atoms with E-state index >= 15 is 0 Å². The summed E-state index contributed by atoms with van der Waals surface area (Å²) in [6.07, 6.45) is 2.34. The minimum atomic E-state index is -0.794. The Morgan fingerprint density at radius 3 is 3.19 bits per heavy atom. The quantitative estimate of drug-likeness (QED) is 0.696. The lowest BCUT2D eigenvalue weighted by molar-refractivity contribution is 0.0381. The molecule has 1 unspecified atom stereocenters. The molecule has 5 heteroatoms. The summed E-state index contributed by atoms with van der Waals surface area (Å²) in [6.45, 7) is 3.31. The molecule has 88 valence electrons. The fourth-order valence-corrected chi connectivity index (χ4v) is 1.69. The third-order valence-electron chi connectivity index (χ3n) is 2.88. The Hall–Kier alpha value is -1.33. The smallest absolute Gasteiger partial charge is 0.149 e. The number of hydrogen-bond acceptors (Lipinski definition) is 5. The molecular weight excluding hydrogens is 206 g/mol. The van der Waals surface area contributed by atoms with Crippen LogP contribution in [0.2, 0.25) is 0 Å². The Morgan fingerprint density at radius 2 is 2.50 bits per heavy atom. The minimum absolute atomic E-state index is 0.367. The first kappa shape index (κ1) is 11.2. The molecule has 1 fully saturated rings. The van der Waals surface area contributed by atoms with Crippen LogP contribution in [0.25, 0.3) is 0 Å². The molecule has 0 amide bonds. The molecule has 0 aromatic carbocycles. The molecule has 1 aliphatic heterocycles. The molecule has 16 heavy (non-hydrogen) atoms. The van der Waals surface area contributed by atoms with Crippen molar-refractivity contribution < 1.29 is 9.84 Å². The second kappa shape index (κ2) is 4.27. The van der Waals surface area contributed by atoms with Crippen molar-refractivity contribution in [3.8, 4) is 0 Å². The molecule has 1 saturated heterocycles. The van der Waals surface area contributed by atoms with Gasteiger partial charge in [-0.2, -0.15) is 0 Å². The number of nitrogens with one attached hydrogen (secondary N) is 1. The first-order valence-electron chi connectivity index (χ1n) is 5.36. The van der Waals surface area contributed by atoms with E-state index in [1.165, 1.54) is 0 Å². The summed E-state index contributed by atoms with van der Waals surface area (Å²) in [6, 6.07) is 1.86. The predicted octanol–water partition coefficient (Wildman–Crippen LogP) is 0.536. The Kier molecular flexibility index (Phi) is 2.98. The fraction of sp³-hybridized carbons (Fsp3) is 0.545. The third kappa shape index (κ3) is 2.25. The highest BCUT2D eigenvalue weighted by molar-refractivity contribution is 5.64. The van der Waals surface area contributed by atoms with E-state index in [1.54, 1.807) is 6.20 Å². The van der Waals surface area contributed by atoms with Gasteiger partial charge in [-0.25, -0.2) is 4.98 Å². The van der Waals surface area contributed by atoms with Crippen LogP contribution in [0.5, 0.6) is 0 Å². The fourth-order valence-electron chi connectivity index (χ4n) is 1.69. The van der Waals surface area contributed by atoms with Crippen LogP contribution < -0.4 is 11.1 Å². The Labute approximate surface area is 94.6 Å². The lowest BCUT2D eigenvalue weighted by Gasteiger charge is -2.21. The molecule has 1 aromatic heterocycles. The number of ether oxygens (including phenoxy) is 1. The van der Waals surface area contributed by atoms with Crippen LogP contribution in [0.1, 0.15) is 12.0 Å². The lowest BCUT2D eigenvalue weighted by atomic mass is 10.0. The molecule has 2 rings (SSSR count). The predicted molar refractivity (Wildman–Crippen MR) is 62.3 cm³/mol. The molecule has 0 radical (unpaired) electrons. The highest BCUT2D eigenvalue weighted by atomic mass is 16.5. The maximum atomic E-state index is 10.1. The van der Waals surface area contributed by atoms with Crippen LogP contribution in [0, 0.1) is 6.92 Å². The summed E-state index contributed by atoms with van der Waals surface area (Å²) < 4.78 is 5.16. The van der Waals surface area contributed by atoms with Crippen LogP contribution in [0.4, 0.5) is 11.5 Å². The zero-order chi connectivity index (χ0) is 11.6. The number of aromatic nitrogens is 1. The third-order valence-corrected chi connectivity index (χ3v) is 2.88. The molecule has 0 saturated carbocycles. The molecular formula is C11H17N3O2. The van der Waals surface area contributed by atoms with Crippen molar-refractivity contribution in [2.24, 2.45) is 0 Å². The number of nitrogens with zero attached hydrogens (tertiary/aromatic N) is 1. The zero-order valence-corrected chi connectivity index (χ0v) is 9.36. The van der Waals surface area contributed by atoms with Crippen LogP contribution in [0.15, 0.2) is 12.3 Å². The maximum Gasteiger partial charge on any atom is 0.149 e. The van der Waals surface area contributed by atoms with Gasteiger partial charge in [-0.05, 0) is 18.6 Å². The number of anilines is 2. The van der Waals surface area contributed by atoms with Crippen molar-refractivity contribution in [1.29, 1.82) is 0 Å². The summed E-state index contributed by atoms with van der Waals surface area (Å²) >= 11 is 0. The average molecular weight is 223 g/mol. The molecule has 1 aliphatic rings. The molecule has 0 spiro atoms. The highest BCUT2D eigenvalue weighted by Crippen LogP contribution is 2.22. The Balaban J connectivity index is 2.02. The van der Waals surface area contributed by atoms with E-state index in [0.717, 1.165) is 5.56 Å². The van der Waals surface area contributed by atoms with E-state index in [9.17, 15) is 5.11 Å². The topological polar surface area (TPSA) is 80.4 Å². The number of rotatable bonds is 3. The van der Waals surface area contributed by atoms with Crippen molar-refractivity contribution in [2.45, 2.75) is 18.9 Å². The van der Waals surface area contributed by atoms with Gasteiger partial charge in [0.2, 0.25) is 0 Å². The van der Waals surface area contributed by atoms with Crippen molar-refractivity contribution in [1.82, 2.24) is 4.98 Å². The minimum Gasteiger partial charge on any atom is -0.396 e. The lowest BCUT2D eigenvalue weighted by Crippen LogP contribution is -2.37. The summed E-state index contributed by atoms with van der Waals surface area (Å²) in [5.74, 6) is 0.625. The van der Waals surface area contributed by atoms with Crippen molar-refractivity contribution in [2.75, 3.05) is 30.8 Å². The second-order valence-corrected chi connectivity index (χ2v) is 4.27. The van der Waals surface area contributed by atoms with Crippen LogP contribution in [0.3, 0.4) is 0 Å². The first-order valence-corrected chi connectivity index (χ1v) is 5.36.